The van der Waals surface area contributed by atoms with Crippen molar-refractivity contribution < 1.29 is 9.37 Å². The second-order valence-electron chi connectivity index (χ2n) is 9.16. The van der Waals surface area contributed by atoms with Crippen molar-refractivity contribution in [2.45, 2.75) is 25.7 Å². The molecule has 168 valence electrons. The fourth-order valence-electron chi connectivity index (χ4n) is 5.33. The van der Waals surface area contributed by atoms with E-state index in [-0.39, 0.29) is 11.3 Å². The number of nitrogens with zero attached hydrogens (tertiary/aromatic N) is 2. The monoisotopic (exact) mass is 445 g/mol. The van der Waals surface area contributed by atoms with E-state index in [1.54, 1.807) is 11.8 Å². The van der Waals surface area contributed by atoms with Gasteiger partial charge in [0.15, 0.2) is 5.71 Å². The number of carbonyl (C=O) groups is 1. The van der Waals surface area contributed by atoms with Crippen LogP contribution in [0.5, 0.6) is 0 Å². The molecule has 1 atom stereocenters. The molecule has 0 bridgehead atoms. The fraction of sp³-hybridized carbons (Fsp3) is 0.161. The van der Waals surface area contributed by atoms with Crippen molar-refractivity contribution in [2.24, 2.45) is 0 Å². The molecule has 0 unspecified atom stereocenters. The summed E-state index contributed by atoms with van der Waals surface area (Å²) in [5, 5.41) is 2.52. The lowest BCUT2D eigenvalue weighted by Crippen LogP contribution is -2.34. The zero-order valence-corrected chi connectivity index (χ0v) is 19.9. The number of benzene rings is 4. The Morgan fingerprint density at radius 1 is 0.882 bits per heavy atom. The van der Waals surface area contributed by atoms with Crippen molar-refractivity contribution in [3.05, 3.63) is 120 Å². The number of para-hydroxylation sites is 1. The molecule has 3 heteroatoms. The first-order valence-electron chi connectivity index (χ1n) is 11.7. The molecule has 1 heterocycles. The van der Waals surface area contributed by atoms with Gasteiger partial charge in [0.1, 0.15) is 7.05 Å². The second-order valence-corrected chi connectivity index (χ2v) is 9.16. The number of rotatable bonds is 5. The van der Waals surface area contributed by atoms with Crippen LogP contribution in [-0.4, -0.2) is 23.2 Å². The summed E-state index contributed by atoms with van der Waals surface area (Å²) in [6, 6.07) is 33.5. The lowest BCUT2D eigenvalue weighted by molar-refractivity contribution is -0.401. The Bertz CT molecular complexity index is 1420. The third-order valence-electron chi connectivity index (χ3n) is 6.90. The maximum absolute atomic E-state index is 12.5. The summed E-state index contributed by atoms with van der Waals surface area (Å²) in [5.74, 6) is -0.0172. The first-order valence-corrected chi connectivity index (χ1v) is 11.7. The van der Waals surface area contributed by atoms with Gasteiger partial charge < -0.3 is 0 Å². The van der Waals surface area contributed by atoms with Crippen LogP contribution in [0.1, 0.15) is 25.0 Å². The van der Waals surface area contributed by atoms with E-state index >= 15 is 0 Å². The molecule has 3 nitrogen and oxygen atoms in total. The van der Waals surface area contributed by atoms with Crippen LogP contribution in [0, 0.1) is 0 Å². The average Bonchev–Trinajstić information content (AvgIpc) is 3.07. The summed E-state index contributed by atoms with van der Waals surface area (Å²) in [4.78, 5) is 14.2. The first-order chi connectivity index (χ1) is 16.5. The van der Waals surface area contributed by atoms with E-state index in [1.807, 2.05) is 36.5 Å². The molecule has 4 aromatic carbocycles. The Hall–Kier alpha value is -3.98. The molecular weight excluding hydrogens is 416 g/mol. The van der Waals surface area contributed by atoms with Gasteiger partial charge in [0.2, 0.25) is 11.6 Å². The number of allylic oxidation sites excluding steroid dienone is 1. The van der Waals surface area contributed by atoms with E-state index in [4.69, 9.17) is 0 Å². The molecule has 0 spiro atoms. The van der Waals surface area contributed by atoms with Gasteiger partial charge in [-0.15, -0.1) is 0 Å². The van der Waals surface area contributed by atoms with Gasteiger partial charge in [0.05, 0.1) is 5.41 Å². The Kier molecular flexibility index (Phi) is 5.62. The van der Waals surface area contributed by atoms with E-state index in [0.717, 1.165) is 12.1 Å². The Morgan fingerprint density at radius 2 is 1.53 bits per heavy atom. The van der Waals surface area contributed by atoms with E-state index in [2.05, 4.69) is 91.4 Å². The SMILES string of the molecule is CC(=O)N(/C=C/C1=[N+](C)c2ccc3ccccc3c2[C@@]1(C)Cc1ccccc1)c1ccccc1. The minimum absolute atomic E-state index is 0.0172. The van der Waals surface area contributed by atoms with Crippen molar-refractivity contribution in [3.63, 3.8) is 0 Å². The third kappa shape index (κ3) is 3.73. The summed E-state index contributed by atoms with van der Waals surface area (Å²) in [6.45, 7) is 3.93. The lowest BCUT2D eigenvalue weighted by atomic mass is 9.73. The summed E-state index contributed by atoms with van der Waals surface area (Å²) in [6.07, 6.45) is 4.90. The van der Waals surface area contributed by atoms with Gasteiger partial charge >= 0.3 is 0 Å². The van der Waals surface area contributed by atoms with Crippen LogP contribution < -0.4 is 4.90 Å². The molecule has 5 rings (SSSR count). The van der Waals surface area contributed by atoms with Crippen molar-refractivity contribution in [2.75, 3.05) is 11.9 Å². The summed E-state index contributed by atoms with van der Waals surface area (Å²) >= 11 is 0. The molecule has 0 radical (unpaired) electrons. The smallest absolute Gasteiger partial charge is 0.227 e. The fourth-order valence-corrected chi connectivity index (χ4v) is 5.33. The molecule has 0 fully saturated rings. The number of hydrogen-bond donors (Lipinski definition) is 0. The van der Waals surface area contributed by atoms with Gasteiger partial charge in [0.25, 0.3) is 0 Å². The van der Waals surface area contributed by atoms with Crippen LogP contribution in [0.3, 0.4) is 0 Å². The Balaban J connectivity index is 1.67. The zero-order valence-electron chi connectivity index (χ0n) is 19.9. The summed E-state index contributed by atoms with van der Waals surface area (Å²) < 4.78 is 2.28. The van der Waals surface area contributed by atoms with Gasteiger partial charge in [0, 0.05) is 36.5 Å². The molecule has 1 amide bonds. The minimum Gasteiger partial charge on any atom is -0.288 e. The molecule has 1 aliphatic rings. The number of fused-ring (bicyclic) bond motifs is 3. The second kappa shape index (κ2) is 8.75. The quantitative estimate of drug-likeness (QED) is 0.316. The highest BCUT2D eigenvalue weighted by Crippen LogP contribution is 2.45. The molecule has 0 saturated carbocycles. The van der Waals surface area contributed by atoms with Gasteiger partial charge in [-0.3, -0.25) is 9.69 Å². The van der Waals surface area contributed by atoms with Crippen molar-refractivity contribution in [1.29, 1.82) is 0 Å². The van der Waals surface area contributed by atoms with Gasteiger partial charge in [-0.2, -0.15) is 4.58 Å². The highest BCUT2D eigenvalue weighted by Gasteiger charge is 2.47. The normalized spacial score (nSPS) is 17.4. The molecule has 34 heavy (non-hydrogen) atoms. The van der Waals surface area contributed by atoms with Crippen LogP contribution in [0.2, 0.25) is 0 Å². The van der Waals surface area contributed by atoms with E-state index in [9.17, 15) is 4.79 Å². The predicted molar refractivity (Wildman–Crippen MR) is 141 cm³/mol. The molecule has 1 aliphatic heterocycles. The van der Waals surface area contributed by atoms with Gasteiger partial charge in [-0.25, -0.2) is 0 Å². The van der Waals surface area contributed by atoms with E-state index < -0.39 is 0 Å². The van der Waals surface area contributed by atoms with Crippen LogP contribution in [0.4, 0.5) is 11.4 Å². The molecular formula is C31H29N2O+. The Labute approximate surface area is 201 Å². The van der Waals surface area contributed by atoms with Crippen LogP contribution in [0.15, 0.2) is 109 Å². The third-order valence-corrected chi connectivity index (χ3v) is 6.90. The topological polar surface area (TPSA) is 23.3 Å². The van der Waals surface area contributed by atoms with E-state index in [1.165, 1.54) is 33.3 Å². The lowest BCUT2D eigenvalue weighted by Gasteiger charge is -2.24. The van der Waals surface area contributed by atoms with Crippen molar-refractivity contribution >= 4 is 33.8 Å². The molecule has 0 aliphatic carbocycles. The number of anilines is 1. The molecule has 0 N–H and O–H groups in total. The van der Waals surface area contributed by atoms with Crippen LogP contribution >= 0.6 is 0 Å². The van der Waals surface area contributed by atoms with Crippen LogP contribution in [0.25, 0.3) is 10.8 Å². The maximum atomic E-state index is 12.5. The maximum Gasteiger partial charge on any atom is 0.227 e. The minimum atomic E-state index is -0.262. The molecule has 0 aromatic heterocycles. The number of amides is 1. The van der Waals surface area contributed by atoms with Gasteiger partial charge in [-0.1, -0.05) is 72.8 Å². The average molecular weight is 446 g/mol. The van der Waals surface area contributed by atoms with Crippen molar-refractivity contribution in [3.8, 4) is 0 Å². The largest absolute Gasteiger partial charge is 0.288 e. The number of carbonyl (C=O) groups excluding carboxylic acids is 1. The molecule has 4 aromatic rings. The number of hydrogen-bond acceptors (Lipinski definition) is 1. The highest BCUT2D eigenvalue weighted by atomic mass is 16.2. The summed E-state index contributed by atoms with van der Waals surface area (Å²) in [5.41, 5.74) is 5.61. The zero-order chi connectivity index (χ0) is 23.7. The first kappa shape index (κ1) is 21.8. The summed E-state index contributed by atoms with van der Waals surface area (Å²) in [7, 11) is 2.13. The highest BCUT2D eigenvalue weighted by molar-refractivity contribution is 6.08. The van der Waals surface area contributed by atoms with E-state index in [0.29, 0.717) is 0 Å². The molecule has 0 saturated heterocycles. The van der Waals surface area contributed by atoms with Gasteiger partial charge in [-0.05, 0) is 47.9 Å². The predicted octanol–water partition coefficient (Wildman–Crippen LogP) is 6.64. The Morgan fingerprint density at radius 3 is 2.24 bits per heavy atom. The standard InChI is InChI=1S/C31H29N2O/c1-23(34)33(26-15-8-5-9-16-26)21-20-29-31(2,22-24-12-6-4-7-13-24)30-27-17-11-10-14-25(27)18-19-28(30)32(29)3/h4-21H,22H2,1-3H3/q+1/t31-/m0/s1. The van der Waals surface area contributed by atoms with Crippen LogP contribution in [-0.2, 0) is 16.6 Å². The van der Waals surface area contributed by atoms with Crippen molar-refractivity contribution in [1.82, 2.24) is 0 Å².